The van der Waals surface area contributed by atoms with E-state index in [1.165, 1.54) is 17.0 Å². The van der Waals surface area contributed by atoms with E-state index in [1.807, 2.05) is 0 Å². The topological polar surface area (TPSA) is 92.5 Å². The van der Waals surface area contributed by atoms with Gasteiger partial charge in [-0.15, -0.1) is 0 Å². The maximum Gasteiger partial charge on any atom is 0.242 e. The Morgan fingerprint density at radius 3 is 2.63 bits per heavy atom. The predicted molar refractivity (Wildman–Crippen MR) is 77.1 cm³/mol. The van der Waals surface area contributed by atoms with Gasteiger partial charge in [-0.2, -0.15) is 0 Å². The van der Waals surface area contributed by atoms with Gasteiger partial charge in [-0.1, -0.05) is 15.9 Å². The number of amides is 1. The van der Waals surface area contributed by atoms with Crippen molar-refractivity contribution in [3.05, 3.63) is 22.7 Å². The van der Waals surface area contributed by atoms with Gasteiger partial charge in [0.15, 0.2) is 0 Å². The molecule has 0 aliphatic carbocycles. The Hall–Kier alpha value is -1.12. The number of anilines is 1. The first kappa shape index (κ1) is 15.9. The number of hydrogen-bond donors (Lipinski definition) is 2. The number of nitrogen functional groups attached to an aromatic ring is 1. The Balaban J connectivity index is 2.77. The molecule has 0 saturated carbocycles. The van der Waals surface area contributed by atoms with Crippen LogP contribution in [0.4, 0.5) is 5.69 Å². The van der Waals surface area contributed by atoms with E-state index >= 15 is 0 Å². The maximum absolute atomic E-state index is 12.0. The SMILES string of the molecule is CN(C)C(=O)CCNS(=O)(=O)c1cc(Br)ccc1N. The molecule has 6 nitrogen and oxygen atoms in total. The molecule has 0 aromatic heterocycles. The number of carbonyl (C=O) groups excluding carboxylic acids is 1. The molecule has 0 radical (unpaired) electrons. The van der Waals surface area contributed by atoms with Crippen LogP contribution < -0.4 is 10.5 Å². The summed E-state index contributed by atoms with van der Waals surface area (Å²) in [5.74, 6) is -0.148. The minimum Gasteiger partial charge on any atom is -0.398 e. The van der Waals surface area contributed by atoms with Crippen molar-refractivity contribution in [2.24, 2.45) is 0 Å². The first-order chi connectivity index (χ1) is 8.74. The molecule has 1 aromatic carbocycles. The molecule has 106 valence electrons. The minimum atomic E-state index is -3.71. The number of nitrogens with zero attached hydrogens (tertiary/aromatic N) is 1. The van der Waals surface area contributed by atoms with Crippen molar-refractivity contribution in [3.63, 3.8) is 0 Å². The summed E-state index contributed by atoms with van der Waals surface area (Å²) in [6, 6.07) is 4.58. The van der Waals surface area contributed by atoms with Crippen LogP contribution in [-0.2, 0) is 14.8 Å². The van der Waals surface area contributed by atoms with Gasteiger partial charge in [-0.25, -0.2) is 13.1 Å². The molecule has 0 fully saturated rings. The Kier molecular flexibility index (Phi) is 5.33. The molecule has 0 aliphatic heterocycles. The van der Waals surface area contributed by atoms with Crippen LogP contribution in [0.1, 0.15) is 6.42 Å². The zero-order valence-electron chi connectivity index (χ0n) is 10.7. The monoisotopic (exact) mass is 349 g/mol. The Labute approximate surface area is 121 Å². The Morgan fingerprint density at radius 1 is 1.42 bits per heavy atom. The third kappa shape index (κ3) is 4.48. The summed E-state index contributed by atoms with van der Waals surface area (Å²) in [6.07, 6.45) is 0.0974. The lowest BCUT2D eigenvalue weighted by Crippen LogP contribution is -2.30. The van der Waals surface area contributed by atoms with Crippen LogP contribution in [0, 0.1) is 0 Å². The molecule has 1 aromatic rings. The Morgan fingerprint density at radius 2 is 2.05 bits per heavy atom. The average Bonchev–Trinajstić information content (AvgIpc) is 2.31. The minimum absolute atomic E-state index is 0.000762. The van der Waals surface area contributed by atoms with Gasteiger partial charge in [0.1, 0.15) is 4.90 Å². The van der Waals surface area contributed by atoms with Crippen molar-refractivity contribution >= 4 is 37.5 Å². The first-order valence-corrected chi connectivity index (χ1v) is 7.76. The van der Waals surface area contributed by atoms with Crippen molar-refractivity contribution < 1.29 is 13.2 Å². The van der Waals surface area contributed by atoms with Gasteiger partial charge in [0, 0.05) is 31.5 Å². The van der Waals surface area contributed by atoms with E-state index in [1.54, 1.807) is 20.2 Å². The van der Waals surface area contributed by atoms with Gasteiger partial charge >= 0.3 is 0 Å². The molecule has 0 bridgehead atoms. The summed E-state index contributed by atoms with van der Waals surface area (Å²) >= 11 is 3.19. The lowest BCUT2D eigenvalue weighted by Gasteiger charge is -2.12. The zero-order valence-corrected chi connectivity index (χ0v) is 13.1. The number of nitrogens with one attached hydrogen (secondary N) is 1. The van der Waals surface area contributed by atoms with Crippen LogP contribution >= 0.6 is 15.9 Å². The molecule has 8 heteroatoms. The second-order valence-electron chi connectivity index (χ2n) is 4.12. The van der Waals surface area contributed by atoms with E-state index in [0.29, 0.717) is 4.47 Å². The molecule has 0 saturated heterocycles. The number of carbonyl (C=O) groups is 1. The van der Waals surface area contributed by atoms with E-state index in [9.17, 15) is 13.2 Å². The third-order valence-corrected chi connectivity index (χ3v) is 4.40. The molecule has 3 N–H and O–H groups in total. The highest BCUT2D eigenvalue weighted by molar-refractivity contribution is 9.10. The zero-order chi connectivity index (χ0) is 14.6. The molecule has 1 rings (SSSR count). The largest absolute Gasteiger partial charge is 0.398 e. The summed E-state index contributed by atoms with van der Waals surface area (Å²) < 4.78 is 27.0. The smallest absolute Gasteiger partial charge is 0.242 e. The van der Waals surface area contributed by atoms with Gasteiger partial charge in [-0.3, -0.25) is 4.79 Å². The highest BCUT2D eigenvalue weighted by Crippen LogP contribution is 2.22. The van der Waals surface area contributed by atoms with Crippen molar-refractivity contribution in [1.82, 2.24) is 9.62 Å². The fraction of sp³-hybridized carbons (Fsp3) is 0.364. The molecular formula is C11H16BrN3O3S. The fourth-order valence-corrected chi connectivity index (χ4v) is 3.03. The summed E-state index contributed by atoms with van der Waals surface area (Å²) in [6.45, 7) is 0.0330. The number of sulfonamides is 1. The van der Waals surface area contributed by atoms with Gasteiger partial charge in [0.05, 0.1) is 5.69 Å². The fourth-order valence-electron chi connectivity index (χ4n) is 1.33. The van der Waals surface area contributed by atoms with E-state index in [0.717, 1.165) is 0 Å². The molecule has 0 heterocycles. The summed E-state index contributed by atoms with van der Waals surface area (Å²) in [5.41, 5.74) is 5.80. The Bertz CT molecular complexity index is 573. The maximum atomic E-state index is 12.0. The first-order valence-electron chi connectivity index (χ1n) is 5.49. The van der Waals surface area contributed by atoms with Gasteiger partial charge < -0.3 is 10.6 Å². The third-order valence-electron chi connectivity index (χ3n) is 2.39. The standard InChI is InChI=1S/C11H16BrN3O3S/c1-15(2)11(16)5-6-14-19(17,18)10-7-8(12)3-4-9(10)13/h3-4,7,14H,5-6,13H2,1-2H3. The summed E-state index contributed by atoms with van der Waals surface area (Å²) in [4.78, 5) is 12.7. The number of hydrogen-bond acceptors (Lipinski definition) is 4. The van der Waals surface area contributed by atoms with Crippen LogP contribution in [-0.4, -0.2) is 39.9 Å². The molecule has 0 unspecified atom stereocenters. The van der Waals surface area contributed by atoms with Gasteiger partial charge in [0.25, 0.3) is 0 Å². The van der Waals surface area contributed by atoms with Crippen molar-refractivity contribution in [2.45, 2.75) is 11.3 Å². The van der Waals surface area contributed by atoms with Gasteiger partial charge in [-0.05, 0) is 18.2 Å². The summed E-state index contributed by atoms with van der Waals surface area (Å²) in [7, 11) is -0.482. The normalized spacial score (nSPS) is 11.3. The van der Waals surface area contributed by atoms with Crippen molar-refractivity contribution in [1.29, 1.82) is 0 Å². The van der Waals surface area contributed by atoms with Crippen molar-refractivity contribution in [3.8, 4) is 0 Å². The summed E-state index contributed by atoms with van der Waals surface area (Å²) in [5, 5.41) is 0. The lowest BCUT2D eigenvalue weighted by atomic mass is 10.3. The molecule has 0 aliphatic rings. The van der Waals surface area contributed by atoms with E-state index in [4.69, 9.17) is 5.73 Å². The van der Waals surface area contributed by atoms with Crippen LogP contribution in [0.25, 0.3) is 0 Å². The van der Waals surface area contributed by atoms with E-state index in [-0.39, 0.29) is 29.5 Å². The number of halogens is 1. The second kappa shape index (κ2) is 6.36. The number of benzene rings is 1. The quantitative estimate of drug-likeness (QED) is 0.768. The molecule has 1 amide bonds. The molecular weight excluding hydrogens is 334 g/mol. The average molecular weight is 350 g/mol. The molecule has 0 atom stereocenters. The highest BCUT2D eigenvalue weighted by Gasteiger charge is 2.18. The molecule has 19 heavy (non-hydrogen) atoms. The number of nitrogens with two attached hydrogens (primary N) is 1. The van der Waals surface area contributed by atoms with E-state index in [2.05, 4.69) is 20.7 Å². The van der Waals surface area contributed by atoms with Gasteiger partial charge in [0.2, 0.25) is 15.9 Å². The predicted octanol–water partition coefficient (Wildman–Crippen LogP) is 0.788. The van der Waals surface area contributed by atoms with E-state index < -0.39 is 10.0 Å². The van der Waals surface area contributed by atoms with Crippen LogP contribution in [0.5, 0.6) is 0 Å². The second-order valence-corrected chi connectivity index (χ2v) is 6.77. The van der Waals surface area contributed by atoms with Crippen LogP contribution in [0.2, 0.25) is 0 Å². The highest BCUT2D eigenvalue weighted by atomic mass is 79.9. The van der Waals surface area contributed by atoms with Crippen molar-refractivity contribution in [2.75, 3.05) is 26.4 Å². The lowest BCUT2D eigenvalue weighted by molar-refractivity contribution is -0.128. The molecule has 0 spiro atoms. The number of rotatable bonds is 5. The van der Waals surface area contributed by atoms with Crippen LogP contribution in [0.15, 0.2) is 27.6 Å². The van der Waals surface area contributed by atoms with Crippen LogP contribution in [0.3, 0.4) is 0 Å².